The molecule has 0 saturated carbocycles. The number of rotatable bonds is 7. The van der Waals surface area contributed by atoms with Gasteiger partial charge in [0.05, 0.1) is 6.10 Å². The molecule has 7 nitrogen and oxygen atoms in total. The number of hydrogen-bond acceptors (Lipinski definition) is 4. The molecule has 116 valence electrons. The van der Waals surface area contributed by atoms with Crippen LogP contribution in [-0.4, -0.2) is 41.3 Å². The molecule has 7 heteroatoms. The van der Waals surface area contributed by atoms with Crippen molar-refractivity contribution >= 4 is 18.0 Å². The van der Waals surface area contributed by atoms with E-state index in [4.69, 9.17) is 9.84 Å². The topological polar surface area (TPSA) is 105 Å². The van der Waals surface area contributed by atoms with Crippen molar-refractivity contribution in [3.63, 3.8) is 0 Å². The first-order chi connectivity index (χ1) is 9.13. The van der Waals surface area contributed by atoms with Gasteiger partial charge in [0, 0.05) is 12.5 Å². The van der Waals surface area contributed by atoms with Gasteiger partial charge in [-0.05, 0) is 26.7 Å². The molecular weight excluding hydrogens is 264 g/mol. The number of carbonyl (C=O) groups excluding carboxylic acids is 2. The van der Waals surface area contributed by atoms with Gasteiger partial charge in [-0.25, -0.2) is 9.59 Å². The second-order valence-corrected chi connectivity index (χ2v) is 5.33. The van der Waals surface area contributed by atoms with E-state index in [2.05, 4.69) is 10.6 Å². The molecular formula is C13H24N2O5. The highest BCUT2D eigenvalue weighted by molar-refractivity contribution is 5.84. The number of carbonyl (C=O) groups is 3. The fourth-order valence-corrected chi connectivity index (χ4v) is 1.52. The fourth-order valence-electron chi connectivity index (χ4n) is 1.52. The monoisotopic (exact) mass is 288 g/mol. The number of ether oxygens (including phenoxy) is 1. The maximum atomic E-state index is 11.7. The quantitative estimate of drug-likeness (QED) is 0.651. The van der Waals surface area contributed by atoms with Crippen LogP contribution in [0.1, 0.15) is 41.0 Å². The van der Waals surface area contributed by atoms with Crippen LogP contribution in [0.3, 0.4) is 0 Å². The summed E-state index contributed by atoms with van der Waals surface area (Å²) in [6.45, 7) is 8.50. The van der Waals surface area contributed by atoms with Gasteiger partial charge in [0.2, 0.25) is 5.91 Å². The largest absolute Gasteiger partial charge is 0.480 e. The summed E-state index contributed by atoms with van der Waals surface area (Å²) in [4.78, 5) is 34.0. The maximum absolute atomic E-state index is 11.7. The van der Waals surface area contributed by atoms with Gasteiger partial charge in [0.25, 0.3) is 0 Å². The van der Waals surface area contributed by atoms with Crippen molar-refractivity contribution in [3.05, 3.63) is 0 Å². The van der Waals surface area contributed by atoms with Crippen LogP contribution >= 0.6 is 0 Å². The van der Waals surface area contributed by atoms with Gasteiger partial charge in [-0.15, -0.1) is 0 Å². The highest BCUT2D eigenvalue weighted by Crippen LogP contribution is 2.03. The number of amides is 2. The van der Waals surface area contributed by atoms with E-state index >= 15 is 0 Å². The molecule has 0 saturated heterocycles. The molecule has 0 aromatic heterocycles. The van der Waals surface area contributed by atoms with Crippen LogP contribution in [0.25, 0.3) is 0 Å². The standard InChI is InChI=1S/C13H24N2O5/c1-7(2)11(12(17)18)15-10(16)6-9(5)14-13(19)20-8(3)4/h7-9,11H,6H2,1-5H3,(H,14,19)(H,15,16)(H,17,18). The van der Waals surface area contributed by atoms with E-state index in [9.17, 15) is 14.4 Å². The Morgan fingerprint density at radius 3 is 2.00 bits per heavy atom. The fraction of sp³-hybridized carbons (Fsp3) is 0.769. The van der Waals surface area contributed by atoms with Gasteiger partial charge < -0.3 is 20.5 Å². The normalized spacial score (nSPS) is 13.8. The third kappa shape index (κ3) is 7.60. The Morgan fingerprint density at radius 2 is 1.60 bits per heavy atom. The second kappa shape index (κ2) is 8.39. The predicted molar refractivity (Wildman–Crippen MR) is 73.2 cm³/mol. The summed E-state index contributed by atoms with van der Waals surface area (Å²) in [6.07, 6.45) is -0.851. The van der Waals surface area contributed by atoms with E-state index in [-0.39, 0.29) is 18.4 Å². The summed E-state index contributed by atoms with van der Waals surface area (Å²) in [5.41, 5.74) is 0. The lowest BCUT2D eigenvalue weighted by atomic mass is 10.0. The second-order valence-electron chi connectivity index (χ2n) is 5.33. The highest BCUT2D eigenvalue weighted by Gasteiger charge is 2.24. The van der Waals surface area contributed by atoms with Crippen molar-refractivity contribution in [2.45, 2.75) is 59.2 Å². The molecule has 0 aliphatic heterocycles. The van der Waals surface area contributed by atoms with Gasteiger partial charge in [-0.1, -0.05) is 13.8 Å². The number of hydrogen-bond donors (Lipinski definition) is 3. The van der Waals surface area contributed by atoms with Gasteiger partial charge in [0.1, 0.15) is 6.04 Å². The van der Waals surface area contributed by atoms with Gasteiger partial charge in [-0.3, -0.25) is 4.79 Å². The van der Waals surface area contributed by atoms with Gasteiger partial charge >= 0.3 is 12.1 Å². The minimum Gasteiger partial charge on any atom is -0.480 e. The van der Waals surface area contributed by atoms with Crippen LogP contribution in [-0.2, 0) is 14.3 Å². The average Bonchev–Trinajstić information content (AvgIpc) is 2.22. The molecule has 2 amide bonds. The molecule has 0 aliphatic carbocycles. The van der Waals surface area contributed by atoms with E-state index in [1.165, 1.54) is 0 Å². The average molecular weight is 288 g/mol. The van der Waals surface area contributed by atoms with Crippen molar-refractivity contribution < 1.29 is 24.2 Å². The maximum Gasteiger partial charge on any atom is 0.407 e. The molecule has 2 atom stereocenters. The molecule has 0 heterocycles. The Hall–Kier alpha value is -1.79. The van der Waals surface area contributed by atoms with Crippen molar-refractivity contribution in [2.24, 2.45) is 5.92 Å². The molecule has 0 aliphatic rings. The molecule has 0 rings (SSSR count). The third-order valence-electron chi connectivity index (χ3n) is 2.45. The van der Waals surface area contributed by atoms with Crippen LogP contribution in [0.5, 0.6) is 0 Å². The van der Waals surface area contributed by atoms with Gasteiger partial charge in [-0.2, -0.15) is 0 Å². The molecule has 3 N–H and O–H groups in total. The summed E-state index contributed by atoms with van der Waals surface area (Å²) >= 11 is 0. The molecule has 0 bridgehead atoms. The predicted octanol–water partition coefficient (Wildman–Crippen LogP) is 1.12. The number of aliphatic carboxylic acids is 1. The van der Waals surface area contributed by atoms with E-state index < -0.39 is 30.1 Å². The Labute approximate surface area is 119 Å². The number of carboxylic acids is 1. The van der Waals surface area contributed by atoms with Crippen LogP contribution in [0.15, 0.2) is 0 Å². The van der Waals surface area contributed by atoms with E-state index in [0.717, 1.165) is 0 Å². The SMILES string of the molecule is CC(CC(=O)NC(C(=O)O)C(C)C)NC(=O)OC(C)C. The Morgan fingerprint density at radius 1 is 1.05 bits per heavy atom. The minimum atomic E-state index is -1.08. The van der Waals surface area contributed by atoms with Crippen LogP contribution < -0.4 is 10.6 Å². The number of nitrogens with one attached hydrogen (secondary N) is 2. The summed E-state index contributed by atoms with van der Waals surface area (Å²) in [5.74, 6) is -1.72. The first-order valence-corrected chi connectivity index (χ1v) is 6.62. The van der Waals surface area contributed by atoms with Crippen molar-refractivity contribution in [1.29, 1.82) is 0 Å². The summed E-state index contributed by atoms with van der Waals surface area (Å²) < 4.78 is 4.88. The molecule has 0 fully saturated rings. The summed E-state index contributed by atoms with van der Waals surface area (Å²) in [6, 6.07) is -1.37. The first-order valence-electron chi connectivity index (χ1n) is 6.62. The van der Waals surface area contributed by atoms with Gasteiger partial charge in [0.15, 0.2) is 0 Å². The zero-order chi connectivity index (χ0) is 15.9. The molecule has 20 heavy (non-hydrogen) atoms. The summed E-state index contributed by atoms with van der Waals surface area (Å²) in [5, 5.41) is 13.9. The first kappa shape index (κ1) is 18.2. The zero-order valence-corrected chi connectivity index (χ0v) is 12.6. The molecule has 0 aromatic rings. The minimum absolute atomic E-state index is 0.0102. The van der Waals surface area contributed by atoms with Crippen molar-refractivity contribution in [3.8, 4) is 0 Å². The molecule has 2 unspecified atom stereocenters. The molecule has 0 aromatic carbocycles. The summed E-state index contributed by atoms with van der Waals surface area (Å²) in [7, 11) is 0. The lowest BCUT2D eigenvalue weighted by Gasteiger charge is -2.20. The number of alkyl carbamates (subject to hydrolysis) is 1. The lowest BCUT2D eigenvalue weighted by molar-refractivity contribution is -0.143. The van der Waals surface area contributed by atoms with Crippen LogP contribution in [0, 0.1) is 5.92 Å². The Balaban J connectivity index is 4.25. The van der Waals surface area contributed by atoms with E-state index in [1.807, 2.05) is 0 Å². The van der Waals surface area contributed by atoms with Crippen molar-refractivity contribution in [2.75, 3.05) is 0 Å². The molecule has 0 radical (unpaired) electrons. The van der Waals surface area contributed by atoms with Crippen LogP contribution in [0.4, 0.5) is 4.79 Å². The Bertz CT molecular complexity index is 355. The lowest BCUT2D eigenvalue weighted by Crippen LogP contribution is -2.46. The van der Waals surface area contributed by atoms with E-state index in [1.54, 1.807) is 34.6 Å². The zero-order valence-electron chi connectivity index (χ0n) is 12.6. The molecule has 0 spiro atoms. The highest BCUT2D eigenvalue weighted by atomic mass is 16.6. The van der Waals surface area contributed by atoms with E-state index in [0.29, 0.717) is 0 Å². The van der Waals surface area contributed by atoms with Crippen LogP contribution in [0.2, 0.25) is 0 Å². The van der Waals surface area contributed by atoms with Crippen molar-refractivity contribution in [1.82, 2.24) is 10.6 Å². The number of carboxylic acid groups (broad SMARTS) is 1. The Kier molecular flexibility index (Phi) is 7.64. The smallest absolute Gasteiger partial charge is 0.407 e. The third-order valence-corrected chi connectivity index (χ3v) is 2.45.